The highest BCUT2D eigenvalue weighted by Crippen LogP contribution is 2.23. The monoisotopic (exact) mass is 198 g/mol. The average molecular weight is 198 g/mol. The van der Waals surface area contributed by atoms with E-state index in [-0.39, 0.29) is 0 Å². The predicted octanol–water partition coefficient (Wildman–Crippen LogP) is 2.59. The maximum absolute atomic E-state index is 4.28. The lowest BCUT2D eigenvalue weighted by atomic mass is 9.80. The third kappa shape index (κ3) is 3.41. The molecule has 0 bridgehead atoms. The van der Waals surface area contributed by atoms with Gasteiger partial charge in [-0.05, 0) is 31.7 Å². The molecule has 2 heteroatoms. The lowest BCUT2D eigenvalue weighted by molar-refractivity contribution is 0.268. The van der Waals surface area contributed by atoms with E-state index in [1.165, 1.54) is 5.71 Å². The van der Waals surface area contributed by atoms with Crippen LogP contribution in [0.25, 0.3) is 0 Å². The molecule has 0 aromatic heterocycles. The summed E-state index contributed by atoms with van der Waals surface area (Å²) in [6, 6.07) is 0.414. The van der Waals surface area contributed by atoms with Crippen molar-refractivity contribution in [3.8, 4) is 0 Å². The molecule has 3 atom stereocenters. The fourth-order valence-electron chi connectivity index (χ4n) is 1.90. The number of aliphatic imine (C=N–C) groups is 1. The molecule has 0 unspecified atom stereocenters. The Morgan fingerprint density at radius 1 is 1.07 bits per heavy atom. The third-order valence-corrected chi connectivity index (χ3v) is 3.52. The fraction of sp³-hybridized carbons (Fsp3) is 0.917. The molecule has 14 heavy (non-hydrogen) atoms. The molecule has 0 spiro atoms. The quantitative estimate of drug-likeness (QED) is 0.675. The van der Waals surface area contributed by atoms with Crippen molar-refractivity contribution in [3.63, 3.8) is 0 Å². The van der Waals surface area contributed by atoms with Gasteiger partial charge in [0.2, 0.25) is 0 Å². The van der Waals surface area contributed by atoms with E-state index in [0.29, 0.717) is 17.9 Å². The maximum atomic E-state index is 4.28. The number of rotatable bonds is 5. The van der Waals surface area contributed by atoms with Crippen LogP contribution in [0.15, 0.2) is 4.99 Å². The zero-order valence-electron chi connectivity index (χ0n) is 10.8. The molecule has 0 saturated heterocycles. The van der Waals surface area contributed by atoms with E-state index in [4.69, 9.17) is 0 Å². The maximum Gasteiger partial charge on any atom is 0.0474 e. The van der Waals surface area contributed by atoms with E-state index in [1.54, 1.807) is 0 Å². The summed E-state index contributed by atoms with van der Waals surface area (Å²) in [7, 11) is 3.88. The second-order valence-corrected chi connectivity index (χ2v) is 4.59. The summed E-state index contributed by atoms with van der Waals surface area (Å²) >= 11 is 0. The first kappa shape index (κ1) is 13.6. The summed E-state index contributed by atoms with van der Waals surface area (Å²) in [5.41, 5.74) is 1.20. The van der Waals surface area contributed by atoms with E-state index in [0.717, 1.165) is 5.92 Å². The van der Waals surface area contributed by atoms with Crippen molar-refractivity contribution in [3.05, 3.63) is 0 Å². The molecule has 0 rings (SSSR count). The third-order valence-electron chi connectivity index (χ3n) is 3.52. The lowest BCUT2D eigenvalue weighted by Crippen LogP contribution is -2.42. The van der Waals surface area contributed by atoms with Gasteiger partial charge in [-0.15, -0.1) is 0 Å². The molecule has 0 radical (unpaired) electrons. The highest BCUT2D eigenvalue weighted by molar-refractivity contribution is 5.87. The van der Waals surface area contributed by atoms with Crippen LogP contribution in [0, 0.1) is 17.8 Å². The summed E-state index contributed by atoms with van der Waals surface area (Å²) in [6.07, 6.45) is 0. The Kier molecular flexibility index (Phi) is 6.01. The Labute approximate surface area is 89.2 Å². The highest BCUT2D eigenvalue weighted by Gasteiger charge is 2.25. The van der Waals surface area contributed by atoms with Gasteiger partial charge in [-0.3, -0.25) is 4.99 Å². The first-order valence-corrected chi connectivity index (χ1v) is 5.56. The summed E-state index contributed by atoms with van der Waals surface area (Å²) in [6.45, 7) is 11.3. The summed E-state index contributed by atoms with van der Waals surface area (Å²) < 4.78 is 0. The van der Waals surface area contributed by atoms with Gasteiger partial charge in [0.15, 0.2) is 0 Å². The zero-order chi connectivity index (χ0) is 11.3. The Morgan fingerprint density at radius 3 is 1.86 bits per heavy atom. The topological polar surface area (TPSA) is 24.4 Å². The first-order chi connectivity index (χ1) is 6.45. The molecule has 0 aliphatic carbocycles. The molecule has 84 valence electrons. The Bertz CT molecular complexity index is 185. The van der Waals surface area contributed by atoms with Crippen LogP contribution in [0.4, 0.5) is 0 Å². The van der Waals surface area contributed by atoms with Crippen molar-refractivity contribution in [1.82, 2.24) is 5.32 Å². The molecule has 0 aliphatic rings. The second kappa shape index (κ2) is 6.18. The smallest absolute Gasteiger partial charge is 0.0474 e. The van der Waals surface area contributed by atoms with Crippen LogP contribution in [0.2, 0.25) is 0 Å². The largest absolute Gasteiger partial charge is 0.312 e. The first-order valence-electron chi connectivity index (χ1n) is 5.56. The van der Waals surface area contributed by atoms with Crippen LogP contribution in [0.1, 0.15) is 34.6 Å². The lowest BCUT2D eigenvalue weighted by Gasteiger charge is -2.31. The van der Waals surface area contributed by atoms with Crippen molar-refractivity contribution in [2.45, 2.75) is 40.7 Å². The van der Waals surface area contributed by atoms with Crippen LogP contribution in [-0.4, -0.2) is 25.8 Å². The zero-order valence-corrected chi connectivity index (χ0v) is 10.8. The predicted molar refractivity (Wildman–Crippen MR) is 65.0 cm³/mol. The van der Waals surface area contributed by atoms with Gasteiger partial charge < -0.3 is 5.32 Å². The normalized spacial score (nSPS) is 19.6. The number of hydrogen-bond donors (Lipinski definition) is 1. The highest BCUT2D eigenvalue weighted by atomic mass is 14.9. The van der Waals surface area contributed by atoms with E-state index < -0.39 is 0 Å². The molecule has 1 N–H and O–H groups in total. The molecule has 0 aliphatic heterocycles. The van der Waals surface area contributed by atoms with Crippen molar-refractivity contribution in [2.24, 2.45) is 22.7 Å². The summed E-state index contributed by atoms with van der Waals surface area (Å²) in [4.78, 5) is 4.28. The molecular formula is C12H26N2. The van der Waals surface area contributed by atoms with Crippen molar-refractivity contribution in [1.29, 1.82) is 0 Å². The van der Waals surface area contributed by atoms with E-state index in [2.05, 4.69) is 44.9 Å². The average Bonchev–Trinajstić information content (AvgIpc) is 2.16. The van der Waals surface area contributed by atoms with Gasteiger partial charge in [-0.25, -0.2) is 0 Å². The van der Waals surface area contributed by atoms with Gasteiger partial charge in [-0.2, -0.15) is 0 Å². The molecule has 0 amide bonds. The van der Waals surface area contributed by atoms with Gasteiger partial charge in [0.25, 0.3) is 0 Å². The van der Waals surface area contributed by atoms with Crippen LogP contribution in [0.5, 0.6) is 0 Å². The van der Waals surface area contributed by atoms with Gasteiger partial charge in [0, 0.05) is 18.8 Å². The number of hydrogen-bond acceptors (Lipinski definition) is 2. The van der Waals surface area contributed by atoms with Crippen LogP contribution >= 0.6 is 0 Å². The molecular weight excluding hydrogens is 172 g/mol. The van der Waals surface area contributed by atoms with Crippen LogP contribution in [0.3, 0.4) is 0 Å². The molecule has 0 saturated carbocycles. The molecule has 0 aromatic rings. The van der Waals surface area contributed by atoms with Crippen LogP contribution < -0.4 is 5.32 Å². The SMILES string of the molecule is C/N=C(/C)[C@H](NC)[C@H](C)[C@@H](C)C(C)C. The van der Waals surface area contributed by atoms with Crippen LogP contribution in [-0.2, 0) is 0 Å². The minimum absolute atomic E-state index is 0.414. The number of nitrogens with one attached hydrogen (secondary N) is 1. The van der Waals surface area contributed by atoms with Crippen molar-refractivity contribution in [2.75, 3.05) is 14.1 Å². The van der Waals surface area contributed by atoms with E-state index >= 15 is 0 Å². The van der Waals surface area contributed by atoms with Gasteiger partial charge >= 0.3 is 0 Å². The molecule has 0 heterocycles. The number of nitrogens with zero attached hydrogens (tertiary/aromatic N) is 1. The standard InChI is InChI=1S/C12H26N2/c1-8(2)9(3)10(4)12(14-7)11(5)13-6/h8-10,12,14H,1-7H3/b13-11-/t9-,10+,12+/m0/s1. The second-order valence-electron chi connectivity index (χ2n) is 4.59. The summed E-state index contributed by atoms with van der Waals surface area (Å²) in [5.74, 6) is 2.07. The molecule has 2 nitrogen and oxygen atoms in total. The van der Waals surface area contributed by atoms with Crippen molar-refractivity contribution >= 4 is 5.71 Å². The van der Waals surface area contributed by atoms with E-state index in [9.17, 15) is 0 Å². The Balaban J connectivity index is 4.53. The van der Waals surface area contributed by atoms with Gasteiger partial charge in [0.05, 0.1) is 0 Å². The molecule has 0 fully saturated rings. The van der Waals surface area contributed by atoms with Gasteiger partial charge in [-0.1, -0.05) is 27.7 Å². The minimum Gasteiger partial charge on any atom is -0.312 e. The minimum atomic E-state index is 0.414. The van der Waals surface area contributed by atoms with Gasteiger partial charge in [0.1, 0.15) is 0 Å². The fourth-order valence-corrected chi connectivity index (χ4v) is 1.90. The molecule has 0 aromatic carbocycles. The Morgan fingerprint density at radius 2 is 1.57 bits per heavy atom. The van der Waals surface area contributed by atoms with E-state index in [1.807, 2.05) is 14.1 Å². The summed E-state index contributed by atoms with van der Waals surface area (Å²) in [5, 5.41) is 3.36. The van der Waals surface area contributed by atoms with Crippen molar-refractivity contribution < 1.29 is 0 Å². The Hall–Kier alpha value is -0.370.